The summed E-state index contributed by atoms with van der Waals surface area (Å²) in [5, 5.41) is 7.90. The van der Waals surface area contributed by atoms with E-state index in [-0.39, 0.29) is 11.6 Å². The van der Waals surface area contributed by atoms with Crippen molar-refractivity contribution in [2.45, 2.75) is 6.36 Å². The third-order valence-corrected chi connectivity index (χ3v) is 3.01. The second-order valence-electron chi connectivity index (χ2n) is 4.77. The molecular formula is C16H14F3N3O3. The highest BCUT2D eigenvalue weighted by atomic mass is 19.4. The van der Waals surface area contributed by atoms with Crippen LogP contribution >= 0.6 is 0 Å². The van der Waals surface area contributed by atoms with Gasteiger partial charge in [-0.2, -0.15) is 0 Å². The molecule has 0 radical (unpaired) electrons. The lowest BCUT2D eigenvalue weighted by Crippen LogP contribution is -2.29. The quantitative estimate of drug-likeness (QED) is 0.332. The first-order valence-corrected chi connectivity index (χ1v) is 6.93. The molecule has 0 atom stereocenters. The summed E-state index contributed by atoms with van der Waals surface area (Å²) in [5.41, 5.74) is 6.57. The summed E-state index contributed by atoms with van der Waals surface area (Å²) in [7, 11) is 1.27. The van der Waals surface area contributed by atoms with E-state index < -0.39 is 12.3 Å². The Morgan fingerprint density at radius 2 is 1.56 bits per heavy atom. The Morgan fingerprint density at radius 3 is 2.08 bits per heavy atom. The average molecular weight is 353 g/mol. The van der Waals surface area contributed by atoms with Crippen molar-refractivity contribution in [3.63, 3.8) is 0 Å². The van der Waals surface area contributed by atoms with Crippen LogP contribution < -0.4 is 15.6 Å². The number of anilines is 1. The Morgan fingerprint density at radius 1 is 1.00 bits per heavy atom. The Balaban J connectivity index is 1.92. The van der Waals surface area contributed by atoms with E-state index in [9.17, 15) is 18.0 Å². The van der Waals surface area contributed by atoms with E-state index in [2.05, 4.69) is 20.3 Å². The van der Waals surface area contributed by atoms with E-state index in [0.29, 0.717) is 16.8 Å². The number of hydrogen-bond donors (Lipinski definition) is 3. The largest absolute Gasteiger partial charge is 0.573 e. The highest BCUT2D eigenvalue weighted by Gasteiger charge is 2.30. The van der Waals surface area contributed by atoms with Crippen LogP contribution in [0.25, 0.3) is 0 Å². The first-order valence-electron chi connectivity index (χ1n) is 6.93. The zero-order valence-electron chi connectivity index (χ0n) is 13.0. The molecule has 0 amide bonds. The van der Waals surface area contributed by atoms with Gasteiger partial charge in [-0.25, -0.2) is 4.79 Å². The molecule has 0 saturated heterocycles. The molecule has 25 heavy (non-hydrogen) atoms. The van der Waals surface area contributed by atoms with Gasteiger partial charge in [0.1, 0.15) is 11.6 Å². The lowest BCUT2D eigenvalue weighted by molar-refractivity contribution is -0.274. The highest BCUT2D eigenvalue weighted by molar-refractivity contribution is 5.98. The Labute approximate surface area is 141 Å². The molecule has 2 rings (SSSR count). The maximum Gasteiger partial charge on any atom is 0.573 e. The fraction of sp³-hybridized carbons (Fsp3) is 0.125. The molecule has 2 aromatic rings. The van der Waals surface area contributed by atoms with Gasteiger partial charge in [0.05, 0.1) is 18.4 Å². The third kappa shape index (κ3) is 5.41. The van der Waals surface area contributed by atoms with Gasteiger partial charge in [-0.1, -0.05) is 12.1 Å². The van der Waals surface area contributed by atoms with Crippen molar-refractivity contribution < 1.29 is 27.4 Å². The van der Waals surface area contributed by atoms with Crippen LogP contribution in [-0.2, 0) is 4.74 Å². The number of carbonyl (C=O) groups excluding carboxylic acids is 1. The van der Waals surface area contributed by atoms with Crippen LogP contribution in [0.5, 0.6) is 5.75 Å². The number of esters is 1. The molecule has 0 aliphatic rings. The van der Waals surface area contributed by atoms with Gasteiger partial charge in [-0.05, 0) is 36.4 Å². The minimum Gasteiger partial charge on any atom is -0.465 e. The fourth-order valence-corrected chi connectivity index (χ4v) is 1.84. The molecule has 132 valence electrons. The van der Waals surface area contributed by atoms with Gasteiger partial charge in [0.15, 0.2) is 0 Å². The molecule has 0 spiro atoms. The van der Waals surface area contributed by atoms with Crippen LogP contribution in [0.2, 0.25) is 0 Å². The van der Waals surface area contributed by atoms with Gasteiger partial charge in [0.25, 0.3) is 0 Å². The molecular weight excluding hydrogens is 339 g/mol. The van der Waals surface area contributed by atoms with Crippen LogP contribution in [0.1, 0.15) is 15.9 Å². The maximum atomic E-state index is 12.1. The Bertz CT molecular complexity index is 744. The van der Waals surface area contributed by atoms with Crippen molar-refractivity contribution in [3.05, 3.63) is 59.7 Å². The maximum absolute atomic E-state index is 12.1. The SMILES string of the molecule is COC(=O)c1ccc(C(=N)NNc2ccc(OC(F)(F)F)cc2)cc1. The zero-order valence-corrected chi connectivity index (χ0v) is 13.0. The highest BCUT2D eigenvalue weighted by Crippen LogP contribution is 2.23. The van der Waals surface area contributed by atoms with Crippen molar-refractivity contribution in [3.8, 4) is 5.75 Å². The van der Waals surface area contributed by atoms with Gasteiger partial charge in [-0.3, -0.25) is 16.3 Å². The van der Waals surface area contributed by atoms with E-state index in [1.807, 2.05) is 0 Å². The number of hydrazine groups is 1. The summed E-state index contributed by atoms with van der Waals surface area (Å²) in [6.45, 7) is 0. The molecule has 2 aromatic carbocycles. The number of halogens is 3. The molecule has 0 fully saturated rings. The van der Waals surface area contributed by atoms with Crippen molar-refractivity contribution in [1.29, 1.82) is 5.41 Å². The van der Waals surface area contributed by atoms with Crippen molar-refractivity contribution in [2.75, 3.05) is 12.5 Å². The summed E-state index contributed by atoms with van der Waals surface area (Å²) < 4.78 is 44.6. The second kappa shape index (κ2) is 7.56. The molecule has 6 nitrogen and oxygen atoms in total. The van der Waals surface area contributed by atoms with E-state index in [4.69, 9.17) is 5.41 Å². The fourth-order valence-electron chi connectivity index (χ4n) is 1.84. The number of nitrogens with one attached hydrogen (secondary N) is 3. The summed E-state index contributed by atoms with van der Waals surface area (Å²) in [5.74, 6) is -0.816. The first-order chi connectivity index (χ1) is 11.8. The van der Waals surface area contributed by atoms with E-state index in [1.54, 1.807) is 12.1 Å². The number of rotatable bonds is 5. The summed E-state index contributed by atoms with van der Waals surface area (Å²) in [4.78, 5) is 11.3. The monoisotopic (exact) mass is 353 g/mol. The number of benzene rings is 2. The summed E-state index contributed by atoms with van der Waals surface area (Å²) in [6.07, 6.45) is -4.74. The molecule has 0 aliphatic heterocycles. The molecule has 3 N–H and O–H groups in total. The number of ether oxygens (including phenoxy) is 2. The minimum absolute atomic E-state index is 0.00651. The van der Waals surface area contributed by atoms with Gasteiger partial charge < -0.3 is 9.47 Å². The Hall–Kier alpha value is -3.23. The standard InChI is InChI=1S/C16H14F3N3O3/c1-24-15(23)11-4-2-10(3-5-11)14(20)22-21-12-6-8-13(9-7-12)25-16(17,18)19/h2-9,21H,1H3,(H2,20,22). The van der Waals surface area contributed by atoms with Crippen LogP contribution in [0.3, 0.4) is 0 Å². The zero-order chi connectivity index (χ0) is 18.4. The molecule has 0 saturated carbocycles. The molecule has 0 heterocycles. The molecule has 0 bridgehead atoms. The third-order valence-electron chi connectivity index (χ3n) is 3.01. The van der Waals surface area contributed by atoms with Gasteiger partial charge in [-0.15, -0.1) is 13.2 Å². The van der Waals surface area contributed by atoms with Crippen molar-refractivity contribution in [2.24, 2.45) is 0 Å². The normalized spacial score (nSPS) is 10.7. The predicted molar refractivity (Wildman–Crippen MR) is 84.5 cm³/mol. The van der Waals surface area contributed by atoms with Crippen LogP contribution in [0.4, 0.5) is 18.9 Å². The van der Waals surface area contributed by atoms with Crippen molar-refractivity contribution in [1.82, 2.24) is 5.43 Å². The predicted octanol–water partition coefficient (Wildman–Crippen LogP) is 3.31. The lowest BCUT2D eigenvalue weighted by atomic mass is 10.1. The van der Waals surface area contributed by atoms with E-state index in [0.717, 1.165) is 12.1 Å². The van der Waals surface area contributed by atoms with Gasteiger partial charge in [0.2, 0.25) is 0 Å². The minimum atomic E-state index is -4.74. The Kier molecular flexibility index (Phi) is 5.48. The molecule has 9 heteroatoms. The summed E-state index contributed by atoms with van der Waals surface area (Å²) in [6, 6.07) is 11.2. The van der Waals surface area contributed by atoms with Crippen LogP contribution in [0.15, 0.2) is 48.5 Å². The number of methoxy groups -OCH3 is 1. The van der Waals surface area contributed by atoms with Crippen LogP contribution in [-0.4, -0.2) is 25.3 Å². The number of carbonyl (C=O) groups is 1. The number of amidine groups is 1. The first kappa shape index (κ1) is 18.1. The topological polar surface area (TPSA) is 83.4 Å². The van der Waals surface area contributed by atoms with Crippen molar-refractivity contribution >= 4 is 17.5 Å². The smallest absolute Gasteiger partial charge is 0.465 e. The lowest BCUT2D eigenvalue weighted by Gasteiger charge is -2.12. The van der Waals surface area contributed by atoms with E-state index in [1.165, 1.54) is 31.4 Å². The van der Waals surface area contributed by atoms with Crippen LogP contribution in [0, 0.1) is 5.41 Å². The molecule has 0 unspecified atom stereocenters. The van der Waals surface area contributed by atoms with E-state index >= 15 is 0 Å². The average Bonchev–Trinajstić information content (AvgIpc) is 2.59. The number of alkyl halides is 3. The molecule has 0 aliphatic carbocycles. The van der Waals surface area contributed by atoms with Gasteiger partial charge >= 0.3 is 12.3 Å². The van der Waals surface area contributed by atoms with Gasteiger partial charge in [0, 0.05) is 5.56 Å². The summed E-state index contributed by atoms with van der Waals surface area (Å²) >= 11 is 0. The second-order valence-corrected chi connectivity index (χ2v) is 4.77. The number of hydrogen-bond acceptors (Lipinski definition) is 5. The molecule has 0 aromatic heterocycles.